The lowest BCUT2D eigenvalue weighted by Gasteiger charge is -2.10. The molecule has 1 unspecified atom stereocenters. The van der Waals surface area contributed by atoms with Crippen LogP contribution in [0.5, 0.6) is 0 Å². The average Bonchev–Trinajstić information content (AvgIpc) is 2.17. The Hall–Kier alpha value is -1.35. The SMILES string of the molecule is Cc1cccc(C(O)CCCC(=O)O)c1. The third-order valence-electron chi connectivity index (χ3n) is 2.30. The van der Waals surface area contributed by atoms with Gasteiger partial charge in [0.1, 0.15) is 0 Å². The smallest absolute Gasteiger partial charge is 0.303 e. The van der Waals surface area contributed by atoms with E-state index in [0.29, 0.717) is 12.8 Å². The zero-order chi connectivity index (χ0) is 11.3. The number of rotatable bonds is 5. The van der Waals surface area contributed by atoms with Gasteiger partial charge in [-0.2, -0.15) is 0 Å². The van der Waals surface area contributed by atoms with Gasteiger partial charge in [0.05, 0.1) is 6.10 Å². The van der Waals surface area contributed by atoms with Crippen LogP contribution in [0.15, 0.2) is 24.3 Å². The number of hydrogen-bond donors (Lipinski definition) is 2. The van der Waals surface area contributed by atoms with E-state index in [2.05, 4.69) is 0 Å². The molecule has 1 rings (SSSR count). The summed E-state index contributed by atoms with van der Waals surface area (Å²) in [5, 5.41) is 18.2. The van der Waals surface area contributed by atoms with E-state index < -0.39 is 12.1 Å². The highest BCUT2D eigenvalue weighted by atomic mass is 16.4. The molecule has 15 heavy (non-hydrogen) atoms. The predicted octanol–water partition coefficient (Wildman–Crippen LogP) is 2.28. The van der Waals surface area contributed by atoms with Gasteiger partial charge in [0.15, 0.2) is 0 Å². The fraction of sp³-hybridized carbons (Fsp3) is 0.417. The van der Waals surface area contributed by atoms with Gasteiger partial charge in [0, 0.05) is 6.42 Å². The second-order valence-corrected chi connectivity index (χ2v) is 3.72. The predicted molar refractivity (Wildman–Crippen MR) is 57.6 cm³/mol. The first-order chi connectivity index (χ1) is 7.09. The minimum Gasteiger partial charge on any atom is -0.481 e. The molecule has 0 aliphatic carbocycles. The van der Waals surface area contributed by atoms with Gasteiger partial charge in [-0.15, -0.1) is 0 Å². The van der Waals surface area contributed by atoms with Crippen LogP contribution < -0.4 is 0 Å². The molecule has 0 aliphatic heterocycles. The molecule has 0 spiro atoms. The van der Waals surface area contributed by atoms with Crippen molar-refractivity contribution in [2.45, 2.75) is 32.3 Å². The first-order valence-electron chi connectivity index (χ1n) is 5.06. The summed E-state index contributed by atoms with van der Waals surface area (Å²) in [4.78, 5) is 10.3. The van der Waals surface area contributed by atoms with E-state index in [9.17, 15) is 9.90 Å². The van der Waals surface area contributed by atoms with Crippen LogP contribution in [-0.2, 0) is 4.79 Å². The zero-order valence-corrected chi connectivity index (χ0v) is 8.81. The number of aliphatic hydroxyl groups is 1. The fourth-order valence-corrected chi connectivity index (χ4v) is 1.49. The van der Waals surface area contributed by atoms with Crippen LogP contribution in [0.2, 0.25) is 0 Å². The van der Waals surface area contributed by atoms with Crippen molar-refractivity contribution >= 4 is 5.97 Å². The number of carbonyl (C=O) groups is 1. The summed E-state index contributed by atoms with van der Waals surface area (Å²) in [6, 6.07) is 7.64. The second-order valence-electron chi connectivity index (χ2n) is 3.72. The summed E-state index contributed by atoms with van der Waals surface area (Å²) in [6.45, 7) is 1.97. The number of carboxylic acids is 1. The van der Waals surface area contributed by atoms with E-state index in [1.54, 1.807) is 0 Å². The van der Waals surface area contributed by atoms with Crippen molar-refractivity contribution in [3.63, 3.8) is 0 Å². The average molecular weight is 208 g/mol. The van der Waals surface area contributed by atoms with Crippen molar-refractivity contribution < 1.29 is 15.0 Å². The van der Waals surface area contributed by atoms with E-state index in [1.807, 2.05) is 31.2 Å². The highest BCUT2D eigenvalue weighted by Gasteiger charge is 2.08. The first-order valence-corrected chi connectivity index (χ1v) is 5.06. The summed E-state index contributed by atoms with van der Waals surface area (Å²) < 4.78 is 0. The molecule has 0 amide bonds. The molecule has 2 N–H and O–H groups in total. The van der Waals surface area contributed by atoms with Crippen LogP contribution >= 0.6 is 0 Å². The van der Waals surface area contributed by atoms with Gasteiger partial charge in [-0.05, 0) is 25.3 Å². The van der Waals surface area contributed by atoms with Gasteiger partial charge < -0.3 is 10.2 Å². The molecular weight excluding hydrogens is 192 g/mol. The third kappa shape index (κ3) is 4.13. The molecule has 0 aromatic heterocycles. The molecule has 0 saturated carbocycles. The molecule has 0 fully saturated rings. The van der Waals surface area contributed by atoms with E-state index >= 15 is 0 Å². The Morgan fingerprint density at radius 2 is 2.20 bits per heavy atom. The molecule has 1 aromatic rings. The van der Waals surface area contributed by atoms with Crippen LogP contribution in [0, 0.1) is 6.92 Å². The van der Waals surface area contributed by atoms with E-state index in [0.717, 1.165) is 11.1 Å². The third-order valence-corrected chi connectivity index (χ3v) is 2.30. The number of carboxylic acid groups (broad SMARTS) is 1. The number of benzene rings is 1. The number of aryl methyl sites for hydroxylation is 1. The molecule has 0 aliphatic rings. The minimum absolute atomic E-state index is 0.114. The lowest BCUT2D eigenvalue weighted by Crippen LogP contribution is -2.00. The molecule has 1 atom stereocenters. The van der Waals surface area contributed by atoms with Crippen LogP contribution in [0.4, 0.5) is 0 Å². The Balaban J connectivity index is 2.46. The molecule has 0 heterocycles. The van der Waals surface area contributed by atoms with Crippen molar-refractivity contribution in [2.24, 2.45) is 0 Å². The molecule has 0 saturated heterocycles. The maximum absolute atomic E-state index is 10.3. The normalized spacial score (nSPS) is 12.4. The monoisotopic (exact) mass is 208 g/mol. The summed E-state index contributed by atoms with van der Waals surface area (Å²) in [5.74, 6) is -0.813. The molecular formula is C12H16O3. The molecule has 0 radical (unpaired) electrons. The van der Waals surface area contributed by atoms with Gasteiger partial charge in [0.2, 0.25) is 0 Å². The van der Waals surface area contributed by atoms with Crippen molar-refractivity contribution in [2.75, 3.05) is 0 Å². The topological polar surface area (TPSA) is 57.5 Å². The summed E-state index contributed by atoms with van der Waals surface area (Å²) in [7, 11) is 0. The van der Waals surface area contributed by atoms with Crippen molar-refractivity contribution in [3.05, 3.63) is 35.4 Å². The number of aliphatic carboxylic acids is 1. The fourth-order valence-electron chi connectivity index (χ4n) is 1.49. The second kappa shape index (κ2) is 5.51. The van der Waals surface area contributed by atoms with Gasteiger partial charge in [-0.3, -0.25) is 4.79 Å². The minimum atomic E-state index is -0.813. The van der Waals surface area contributed by atoms with E-state index in [1.165, 1.54) is 0 Å². The van der Waals surface area contributed by atoms with E-state index in [4.69, 9.17) is 5.11 Å². The maximum atomic E-state index is 10.3. The van der Waals surface area contributed by atoms with Crippen molar-refractivity contribution in [1.82, 2.24) is 0 Å². The molecule has 3 heteroatoms. The number of aliphatic hydroxyl groups excluding tert-OH is 1. The lowest BCUT2D eigenvalue weighted by molar-refractivity contribution is -0.137. The standard InChI is InChI=1S/C12H16O3/c1-9-4-2-5-10(8-9)11(13)6-3-7-12(14)15/h2,4-5,8,11,13H,3,6-7H2,1H3,(H,14,15). The Bertz CT molecular complexity index is 333. The van der Waals surface area contributed by atoms with Gasteiger partial charge >= 0.3 is 5.97 Å². The van der Waals surface area contributed by atoms with Gasteiger partial charge in [0.25, 0.3) is 0 Å². The molecule has 1 aromatic carbocycles. The highest BCUT2D eigenvalue weighted by molar-refractivity contribution is 5.66. The Morgan fingerprint density at radius 3 is 2.80 bits per heavy atom. The van der Waals surface area contributed by atoms with E-state index in [-0.39, 0.29) is 6.42 Å². The maximum Gasteiger partial charge on any atom is 0.303 e. The van der Waals surface area contributed by atoms with Crippen molar-refractivity contribution in [3.8, 4) is 0 Å². The van der Waals surface area contributed by atoms with Crippen LogP contribution in [0.3, 0.4) is 0 Å². The van der Waals surface area contributed by atoms with Crippen molar-refractivity contribution in [1.29, 1.82) is 0 Å². The van der Waals surface area contributed by atoms with Gasteiger partial charge in [-0.1, -0.05) is 29.8 Å². The van der Waals surface area contributed by atoms with Crippen LogP contribution in [-0.4, -0.2) is 16.2 Å². The Morgan fingerprint density at radius 1 is 1.47 bits per heavy atom. The summed E-state index contributed by atoms with van der Waals surface area (Å²) in [5.41, 5.74) is 1.96. The summed E-state index contributed by atoms with van der Waals surface area (Å²) >= 11 is 0. The molecule has 3 nitrogen and oxygen atoms in total. The van der Waals surface area contributed by atoms with Crippen LogP contribution in [0.25, 0.3) is 0 Å². The Labute approximate surface area is 89.4 Å². The zero-order valence-electron chi connectivity index (χ0n) is 8.81. The van der Waals surface area contributed by atoms with Gasteiger partial charge in [-0.25, -0.2) is 0 Å². The molecule has 82 valence electrons. The quantitative estimate of drug-likeness (QED) is 0.780. The molecule has 0 bridgehead atoms. The highest BCUT2D eigenvalue weighted by Crippen LogP contribution is 2.19. The summed E-state index contributed by atoms with van der Waals surface area (Å²) in [6.07, 6.45) is 0.563. The largest absolute Gasteiger partial charge is 0.481 e. The number of hydrogen-bond acceptors (Lipinski definition) is 2. The lowest BCUT2D eigenvalue weighted by atomic mass is 10.0. The van der Waals surface area contributed by atoms with Crippen LogP contribution in [0.1, 0.15) is 36.5 Å². The Kier molecular flexibility index (Phi) is 4.31. The first kappa shape index (κ1) is 11.7.